The van der Waals surface area contributed by atoms with Crippen molar-refractivity contribution >= 4 is 0 Å². The van der Waals surface area contributed by atoms with Crippen LogP contribution in [0.1, 0.15) is 11.1 Å². The molecular weight excluding hydrogens is 205 g/mol. The average Bonchev–Trinajstić information content (AvgIpc) is 2.29. The van der Waals surface area contributed by atoms with Crippen LogP contribution in [-0.2, 0) is 6.61 Å². The maximum Gasteiger partial charge on any atom is 0.128 e. The average molecular weight is 217 g/mol. The van der Waals surface area contributed by atoms with E-state index in [2.05, 4.69) is 4.98 Å². The van der Waals surface area contributed by atoms with Crippen LogP contribution in [0, 0.1) is 12.7 Å². The van der Waals surface area contributed by atoms with Crippen molar-refractivity contribution in [2.45, 2.75) is 13.5 Å². The van der Waals surface area contributed by atoms with E-state index in [4.69, 9.17) is 5.11 Å². The third-order valence-corrected chi connectivity index (χ3v) is 2.42. The van der Waals surface area contributed by atoms with Crippen molar-refractivity contribution in [3.8, 4) is 11.1 Å². The summed E-state index contributed by atoms with van der Waals surface area (Å²) in [5, 5.41) is 8.99. The highest BCUT2D eigenvalue weighted by Crippen LogP contribution is 2.22. The molecule has 1 heterocycles. The number of nitrogens with zero attached hydrogens (tertiary/aromatic N) is 1. The molecule has 0 spiro atoms. The predicted octanol–water partition coefficient (Wildman–Crippen LogP) is 2.69. The van der Waals surface area contributed by atoms with Crippen LogP contribution in [0.25, 0.3) is 11.1 Å². The molecule has 0 unspecified atom stereocenters. The van der Waals surface area contributed by atoms with Gasteiger partial charge in [-0.25, -0.2) is 4.39 Å². The summed E-state index contributed by atoms with van der Waals surface area (Å²) in [4.78, 5) is 4.08. The van der Waals surface area contributed by atoms with E-state index in [0.29, 0.717) is 5.56 Å². The summed E-state index contributed by atoms with van der Waals surface area (Å²) in [7, 11) is 0. The van der Waals surface area contributed by atoms with Gasteiger partial charge in [-0.3, -0.25) is 4.98 Å². The Balaban J connectivity index is 2.48. The first-order chi connectivity index (χ1) is 7.70. The Morgan fingerprint density at radius 2 is 2.00 bits per heavy atom. The molecule has 0 aliphatic rings. The van der Waals surface area contributed by atoms with Crippen molar-refractivity contribution in [3.05, 3.63) is 53.6 Å². The molecule has 0 saturated carbocycles. The minimum absolute atomic E-state index is 0.293. The van der Waals surface area contributed by atoms with Gasteiger partial charge in [-0.1, -0.05) is 6.07 Å². The number of pyridine rings is 1. The van der Waals surface area contributed by atoms with Crippen LogP contribution in [0.2, 0.25) is 0 Å². The molecule has 1 aromatic carbocycles. The molecule has 2 rings (SSSR count). The van der Waals surface area contributed by atoms with E-state index in [-0.39, 0.29) is 12.4 Å². The summed E-state index contributed by atoms with van der Waals surface area (Å²) in [5.74, 6) is -0.383. The van der Waals surface area contributed by atoms with E-state index in [1.54, 1.807) is 24.5 Å². The Labute approximate surface area is 93.4 Å². The molecule has 0 aliphatic carbocycles. The number of rotatable bonds is 2. The molecule has 0 saturated heterocycles. The second kappa shape index (κ2) is 4.41. The Hall–Kier alpha value is -1.74. The molecule has 2 nitrogen and oxygen atoms in total. The predicted molar refractivity (Wildman–Crippen MR) is 60.3 cm³/mol. The van der Waals surface area contributed by atoms with Gasteiger partial charge < -0.3 is 5.11 Å². The zero-order chi connectivity index (χ0) is 11.5. The fourth-order valence-corrected chi connectivity index (χ4v) is 1.59. The number of aliphatic hydroxyl groups excluding tert-OH is 1. The van der Waals surface area contributed by atoms with E-state index >= 15 is 0 Å². The molecule has 0 fully saturated rings. The lowest BCUT2D eigenvalue weighted by Gasteiger charge is -2.05. The summed E-state index contributed by atoms with van der Waals surface area (Å²) in [6.45, 7) is 1.66. The first kappa shape index (κ1) is 10.8. The second-order valence-corrected chi connectivity index (χ2v) is 3.72. The van der Waals surface area contributed by atoms with E-state index in [9.17, 15) is 4.39 Å². The van der Waals surface area contributed by atoms with E-state index < -0.39 is 0 Å². The van der Waals surface area contributed by atoms with Crippen LogP contribution in [0.3, 0.4) is 0 Å². The third kappa shape index (κ3) is 2.09. The number of benzene rings is 1. The number of aliphatic hydroxyl groups is 1. The van der Waals surface area contributed by atoms with Crippen molar-refractivity contribution in [1.29, 1.82) is 0 Å². The van der Waals surface area contributed by atoms with Gasteiger partial charge in [-0.2, -0.15) is 0 Å². The molecule has 82 valence electrons. The molecule has 1 aromatic heterocycles. The first-order valence-corrected chi connectivity index (χ1v) is 5.02. The molecule has 0 amide bonds. The minimum Gasteiger partial charge on any atom is -0.392 e. The van der Waals surface area contributed by atoms with Gasteiger partial charge >= 0.3 is 0 Å². The standard InChI is InChI=1S/C13H12FNO/c1-9-4-11(7-15-6-9)10-2-3-13(14)12(5-10)8-16/h2-7,16H,8H2,1H3. The van der Waals surface area contributed by atoms with E-state index in [1.807, 2.05) is 13.0 Å². The lowest BCUT2D eigenvalue weighted by atomic mass is 10.0. The molecule has 2 aromatic rings. The van der Waals surface area contributed by atoms with Crippen LogP contribution in [0.15, 0.2) is 36.7 Å². The van der Waals surface area contributed by atoms with Crippen LogP contribution < -0.4 is 0 Å². The van der Waals surface area contributed by atoms with Crippen LogP contribution >= 0.6 is 0 Å². The van der Waals surface area contributed by atoms with E-state index in [0.717, 1.165) is 16.7 Å². The fourth-order valence-electron chi connectivity index (χ4n) is 1.59. The Bertz CT molecular complexity index is 511. The molecule has 0 aliphatic heterocycles. The normalized spacial score (nSPS) is 10.4. The molecule has 0 bridgehead atoms. The Morgan fingerprint density at radius 3 is 2.69 bits per heavy atom. The lowest BCUT2D eigenvalue weighted by molar-refractivity contribution is 0.276. The highest BCUT2D eigenvalue weighted by molar-refractivity contribution is 5.63. The van der Waals surface area contributed by atoms with Gasteiger partial charge in [0.1, 0.15) is 5.82 Å². The van der Waals surface area contributed by atoms with Crippen molar-refractivity contribution in [3.63, 3.8) is 0 Å². The molecule has 16 heavy (non-hydrogen) atoms. The van der Waals surface area contributed by atoms with Crippen LogP contribution in [0.4, 0.5) is 4.39 Å². The van der Waals surface area contributed by atoms with Crippen molar-refractivity contribution < 1.29 is 9.50 Å². The summed E-state index contributed by atoms with van der Waals surface area (Å²) < 4.78 is 13.2. The van der Waals surface area contributed by atoms with Gasteiger partial charge in [0.25, 0.3) is 0 Å². The lowest BCUT2D eigenvalue weighted by Crippen LogP contribution is -1.91. The quantitative estimate of drug-likeness (QED) is 0.839. The molecule has 3 heteroatoms. The number of halogens is 1. The maximum absolute atomic E-state index is 13.2. The number of hydrogen-bond donors (Lipinski definition) is 1. The van der Waals surface area contributed by atoms with Crippen molar-refractivity contribution in [1.82, 2.24) is 4.98 Å². The summed E-state index contributed by atoms with van der Waals surface area (Å²) in [6, 6.07) is 6.67. The van der Waals surface area contributed by atoms with E-state index in [1.165, 1.54) is 6.07 Å². The fraction of sp³-hybridized carbons (Fsp3) is 0.154. The Kier molecular flexibility index (Phi) is 2.97. The molecule has 1 N–H and O–H groups in total. The summed E-state index contributed by atoms with van der Waals surface area (Å²) in [6.07, 6.45) is 3.49. The monoisotopic (exact) mass is 217 g/mol. The van der Waals surface area contributed by atoms with Crippen LogP contribution in [0.5, 0.6) is 0 Å². The zero-order valence-corrected chi connectivity index (χ0v) is 8.94. The molecule has 0 radical (unpaired) electrons. The Morgan fingerprint density at radius 1 is 1.19 bits per heavy atom. The van der Waals surface area contributed by atoms with Gasteiger partial charge in [-0.05, 0) is 36.2 Å². The topological polar surface area (TPSA) is 33.1 Å². The number of hydrogen-bond acceptors (Lipinski definition) is 2. The number of aryl methyl sites for hydroxylation is 1. The first-order valence-electron chi connectivity index (χ1n) is 5.02. The largest absolute Gasteiger partial charge is 0.392 e. The van der Waals surface area contributed by atoms with Crippen molar-refractivity contribution in [2.75, 3.05) is 0 Å². The summed E-state index contributed by atoms with van der Waals surface area (Å²) >= 11 is 0. The minimum atomic E-state index is -0.383. The van der Waals surface area contributed by atoms with Gasteiger partial charge in [0.2, 0.25) is 0 Å². The maximum atomic E-state index is 13.2. The summed E-state index contributed by atoms with van der Waals surface area (Å²) in [5.41, 5.74) is 3.14. The SMILES string of the molecule is Cc1cncc(-c2ccc(F)c(CO)c2)c1. The third-order valence-electron chi connectivity index (χ3n) is 2.42. The molecular formula is C13H12FNO. The van der Waals surface area contributed by atoms with Gasteiger partial charge in [-0.15, -0.1) is 0 Å². The van der Waals surface area contributed by atoms with Gasteiger partial charge in [0.05, 0.1) is 6.61 Å². The highest BCUT2D eigenvalue weighted by Gasteiger charge is 2.04. The number of aromatic nitrogens is 1. The second-order valence-electron chi connectivity index (χ2n) is 3.72. The van der Waals surface area contributed by atoms with Gasteiger partial charge in [0, 0.05) is 23.5 Å². The zero-order valence-electron chi connectivity index (χ0n) is 8.94. The van der Waals surface area contributed by atoms with Crippen molar-refractivity contribution in [2.24, 2.45) is 0 Å². The molecule has 0 atom stereocenters. The van der Waals surface area contributed by atoms with Crippen LogP contribution in [-0.4, -0.2) is 10.1 Å². The van der Waals surface area contributed by atoms with Gasteiger partial charge in [0.15, 0.2) is 0 Å². The smallest absolute Gasteiger partial charge is 0.128 e. The highest BCUT2D eigenvalue weighted by atomic mass is 19.1.